The van der Waals surface area contributed by atoms with E-state index in [2.05, 4.69) is 56.6 Å². The highest BCUT2D eigenvalue weighted by molar-refractivity contribution is 9.10. The number of pyridine rings is 1. The van der Waals surface area contributed by atoms with Gasteiger partial charge in [0.15, 0.2) is 0 Å². The molecule has 0 bridgehead atoms. The SMILES string of the molecule is CC1CSCCN1Cc1ccc(Br)cn1. The minimum absolute atomic E-state index is 0.675. The minimum atomic E-state index is 0.675. The van der Waals surface area contributed by atoms with Crippen molar-refractivity contribution in [2.75, 3.05) is 18.1 Å². The quantitative estimate of drug-likeness (QED) is 0.832. The highest BCUT2D eigenvalue weighted by Gasteiger charge is 2.18. The third-order valence-corrected chi connectivity index (χ3v) is 4.32. The molecule has 0 saturated carbocycles. The lowest BCUT2D eigenvalue weighted by Gasteiger charge is -2.32. The van der Waals surface area contributed by atoms with Gasteiger partial charge in [-0.25, -0.2) is 0 Å². The lowest BCUT2D eigenvalue weighted by atomic mass is 10.2. The maximum absolute atomic E-state index is 4.41. The molecule has 1 fully saturated rings. The summed E-state index contributed by atoms with van der Waals surface area (Å²) in [6.45, 7) is 4.46. The molecule has 1 aromatic rings. The van der Waals surface area contributed by atoms with Gasteiger partial charge in [-0.3, -0.25) is 9.88 Å². The number of aromatic nitrogens is 1. The van der Waals surface area contributed by atoms with Gasteiger partial charge in [-0.15, -0.1) is 0 Å². The minimum Gasteiger partial charge on any atom is -0.293 e. The molecule has 1 aromatic heterocycles. The summed E-state index contributed by atoms with van der Waals surface area (Å²) in [6, 6.07) is 4.83. The lowest BCUT2D eigenvalue weighted by Crippen LogP contribution is -2.39. The van der Waals surface area contributed by atoms with Crippen molar-refractivity contribution in [3.63, 3.8) is 0 Å². The van der Waals surface area contributed by atoms with E-state index in [4.69, 9.17) is 0 Å². The number of nitrogens with zero attached hydrogens (tertiary/aromatic N) is 2. The molecule has 1 aliphatic rings. The van der Waals surface area contributed by atoms with Crippen molar-refractivity contribution in [2.24, 2.45) is 0 Å². The van der Waals surface area contributed by atoms with Crippen molar-refractivity contribution in [1.82, 2.24) is 9.88 Å². The summed E-state index contributed by atoms with van der Waals surface area (Å²) in [5.74, 6) is 2.50. The van der Waals surface area contributed by atoms with Crippen LogP contribution in [-0.4, -0.2) is 34.0 Å². The summed E-state index contributed by atoms with van der Waals surface area (Å²) in [5, 5.41) is 0. The van der Waals surface area contributed by atoms with Crippen LogP contribution in [0.15, 0.2) is 22.8 Å². The van der Waals surface area contributed by atoms with Crippen LogP contribution in [0.4, 0.5) is 0 Å². The Labute approximate surface area is 104 Å². The van der Waals surface area contributed by atoms with Gasteiger partial charge in [0, 0.05) is 41.3 Å². The van der Waals surface area contributed by atoms with Crippen molar-refractivity contribution in [1.29, 1.82) is 0 Å². The molecule has 0 amide bonds. The molecule has 4 heteroatoms. The zero-order valence-electron chi connectivity index (χ0n) is 8.82. The van der Waals surface area contributed by atoms with Crippen molar-refractivity contribution >= 4 is 27.7 Å². The number of rotatable bonds is 2. The summed E-state index contributed by atoms with van der Waals surface area (Å²) in [6.07, 6.45) is 1.87. The second kappa shape index (κ2) is 5.32. The van der Waals surface area contributed by atoms with E-state index in [9.17, 15) is 0 Å². The van der Waals surface area contributed by atoms with Gasteiger partial charge in [-0.1, -0.05) is 0 Å². The fourth-order valence-corrected chi connectivity index (χ4v) is 3.02. The zero-order valence-corrected chi connectivity index (χ0v) is 11.2. The summed E-state index contributed by atoms with van der Waals surface area (Å²) >= 11 is 5.45. The highest BCUT2D eigenvalue weighted by atomic mass is 79.9. The van der Waals surface area contributed by atoms with Crippen LogP contribution in [0.1, 0.15) is 12.6 Å². The Hall–Kier alpha value is -0.0600. The average molecular weight is 287 g/mol. The standard InChI is InChI=1S/C11H15BrN2S/c1-9-8-15-5-4-14(9)7-11-3-2-10(12)6-13-11/h2-3,6,9H,4-5,7-8H2,1H3. The van der Waals surface area contributed by atoms with Crippen LogP contribution in [0.2, 0.25) is 0 Å². The summed E-state index contributed by atoms with van der Waals surface area (Å²) in [5.41, 5.74) is 1.16. The first-order chi connectivity index (χ1) is 7.25. The van der Waals surface area contributed by atoms with Crippen LogP contribution in [0.5, 0.6) is 0 Å². The molecule has 0 spiro atoms. The van der Waals surface area contributed by atoms with Crippen molar-refractivity contribution in [3.8, 4) is 0 Å². The Morgan fingerprint density at radius 3 is 3.13 bits per heavy atom. The Balaban J connectivity index is 1.98. The first kappa shape index (κ1) is 11.4. The van der Waals surface area contributed by atoms with Crippen LogP contribution in [-0.2, 0) is 6.54 Å². The van der Waals surface area contributed by atoms with Gasteiger partial charge in [0.25, 0.3) is 0 Å². The number of thioether (sulfide) groups is 1. The maximum Gasteiger partial charge on any atom is 0.0544 e. The van der Waals surface area contributed by atoms with Gasteiger partial charge in [-0.05, 0) is 35.0 Å². The van der Waals surface area contributed by atoms with E-state index in [1.54, 1.807) is 0 Å². The second-order valence-electron chi connectivity index (χ2n) is 3.86. The molecule has 1 aliphatic heterocycles. The van der Waals surface area contributed by atoms with Gasteiger partial charge in [0.2, 0.25) is 0 Å². The van der Waals surface area contributed by atoms with Gasteiger partial charge >= 0.3 is 0 Å². The van der Waals surface area contributed by atoms with Crippen LogP contribution >= 0.6 is 27.7 Å². The summed E-state index contributed by atoms with van der Waals surface area (Å²) < 4.78 is 1.05. The van der Waals surface area contributed by atoms with E-state index in [1.165, 1.54) is 18.1 Å². The zero-order chi connectivity index (χ0) is 10.7. The third-order valence-electron chi connectivity index (χ3n) is 2.66. The van der Waals surface area contributed by atoms with Crippen molar-refractivity contribution in [3.05, 3.63) is 28.5 Å². The largest absolute Gasteiger partial charge is 0.293 e. The van der Waals surface area contributed by atoms with E-state index in [1.807, 2.05) is 6.20 Å². The topological polar surface area (TPSA) is 16.1 Å². The van der Waals surface area contributed by atoms with Crippen LogP contribution in [0.25, 0.3) is 0 Å². The van der Waals surface area contributed by atoms with Gasteiger partial charge in [0.1, 0.15) is 0 Å². The molecule has 82 valence electrons. The van der Waals surface area contributed by atoms with E-state index in [0.29, 0.717) is 6.04 Å². The normalized spacial score (nSPS) is 22.9. The molecular weight excluding hydrogens is 272 g/mol. The number of hydrogen-bond donors (Lipinski definition) is 0. The molecule has 2 nitrogen and oxygen atoms in total. The van der Waals surface area contributed by atoms with Gasteiger partial charge in [0.05, 0.1) is 5.69 Å². The van der Waals surface area contributed by atoms with Crippen LogP contribution in [0.3, 0.4) is 0 Å². The Bertz CT molecular complexity index is 315. The Kier molecular flexibility index (Phi) is 4.05. The van der Waals surface area contributed by atoms with Crippen LogP contribution < -0.4 is 0 Å². The summed E-state index contributed by atoms with van der Waals surface area (Å²) in [7, 11) is 0. The predicted octanol–water partition coefficient (Wildman–Crippen LogP) is 2.78. The number of hydrogen-bond acceptors (Lipinski definition) is 3. The molecule has 2 rings (SSSR count). The number of halogens is 1. The van der Waals surface area contributed by atoms with E-state index in [-0.39, 0.29) is 0 Å². The predicted molar refractivity (Wildman–Crippen MR) is 69.1 cm³/mol. The summed E-state index contributed by atoms with van der Waals surface area (Å²) in [4.78, 5) is 6.92. The van der Waals surface area contributed by atoms with E-state index >= 15 is 0 Å². The molecule has 0 aliphatic carbocycles. The monoisotopic (exact) mass is 286 g/mol. The molecule has 2 heterocycles. The average Bonchev–Trinajstić information content (AvgIpc) is 2.25. The van der Waals surface area contributed by atoms with Crippen molar-refractivity contribution < 1.29 is 0 Å². The molecule has 15 heavy (non-hydrogen) atoms. The third kappa shape index (κ3) is 3.20. The van der Waals surface area contributed by atoms with Gasteiger partial charge in [-0.2, -0.15) is 11.8 Å². The fourth-order valence-electron chi connectivity index (χ4n) is 1.70. The second-order valence-corrected chi connectivity index (χ2v) is 5.93. The van der Waals surface area contributed by atoms with Crippen molar-refractivity contribution in [2.45, 2.75) is 19.5 Å². The Morgan fingerprint density at radius 1 is 1.60 bits per heavy atom. The molecule has 1 atom stereocenters. The lowest BCUT2D eigenvalue weighted by molar-refractivity contribution is 0.221. The fraction of sp³-hybridized carbons (Fsp3) is 0.545. The molecule has 1 saturated heterocycles. The molecule has 0 N–H and O–H groups in total. The first-order valence-corrected chi connectivity index (χ1v) is 7.13. The maximum atomic E-state index is 4.41. The van der Waals surface area contributed by atoms with E-state index in [0.717, 1.165) is 16.7 Å². The van der Waals surface area contributed by atoms with E-state index < -0.39 is 0 Å². The molecule has 1 unspecified atom stereocenters. The first-order valence-electron chi connectivity index (χ1n) is 5.18. The molecular formula is C11H15BrN2S. The smallest absolute Gasteiger partial charge is 0.0544 e. The Morgan fingerprint density at radius 2 is 2.47 bits per heavy atom. The van der Waals surface area contributed by atoms with Gasteiger partial charge < -0.3 is 0 Å². The molecule has 0 aromatic carbocycles. The highest BCUT2D eigenvalue weighted by Crippen LogP contribution is 2.18. The van der Waals surface area contributed by atoms with Crippen LogP contribution in [0, 0.1) is 0 Å². The molecule has 0 radical (unpaired) electrons.